The Kier molecular flexibility index (Phi) is 4.80. The molecule has 2 N–H and O–H groups in total. The first-order valence-corrected chi connectivity index (χ1v) is 7.16. The van der Waals surface area contributed by atoms with Crippen molar-refractivity contribution in [1.82, 2.24) is 0 Å². The fourth-order valence-corrected chi connectivity index (χ4v) is 2.31. The van der Waals surface area contributed by atoms with Gasteiger partial charge < -0.3 is 10.6 Å². The van der Waals surface area contributed by atoms with E-state index in [0.717, 1.165) is 13.0 Å². The second kappa shape index (κ2) is 6.58. The van der Waals surface area contributed by atoms with E-state index in [9.17, 15) is 0 Å². The number of aryl methyl sites for hydroxylation is 2. The lowest BCUT2D eigenvalue weighted by atomic mass is 10.0. The number of likely N-dealkylation sites (N-methyl/N-ethyl adjacent to an activating group) is 1. The first-order chi connectivity index (χ1) is 9.60. The molecule has 0 aliphatic rings. The molecule has 2 heteroatoms. The zero-order valence-corrected chi connectivity index (χ0v) is 12.7. The summed E-state index contributed by atoms with van der Waals surface area (Å²) in [5.74, 6) is 0. The fraction of sp³-hybridized carbons (Fsp3) is 0.333. The molecular formula is C18H24N2. The molecule has 2 aromatic carbocycles. The first-order valence-electron chi connectivity index (χ1n) is 7.16. The van der Waals surface area contributed by atoms with E-state index in [4.69, 9.17) is 5.73 Å². The molecule has 0 fully saturated rings. The minimum Gasteiger partial charge on any atom is -0.374 e. The molecule has 0 saturated carbocycles. The van der Waals surface area contributed by atoms with Crippen molar-refractivity contribution < 1.29 is 0 Å². The Bertz CT molecular complexity index is 575. The van der Waals surface area contributed by atoms with Crippen LogP contribution in [-0.2, 0) is 13.0 Å². The average molecular weight is 268 g/mol. The van der Waals surface area contributed by atoms with Crippen LogP contribution in [0.25, 0.3) is 0 Å². The van der Waals surface area contributed by atoms with Crippen LogP contribution in [-0.4, -0.2) is 13.6 Å². The number of hydrogen-bond donors (Lipinski definition) is 1. The number of nitrogens with two attached hydrogens (primary N) is 1. The highest BCUT2D eigenvalue weighted by Gasteiger charge is 2.03. The van der Waals surface area contributed by atoms with Gasteiger partial charge in [0.2, 0.25) is 0 Å². The Morgan fingerprint density at radius 2 is 1.75 bits per heavy atom. The van der Waals surface area contributed by atoms with Gasteiger partial charge in [0.1, 0.15) is 0 Å². The summed E-state index contributed by atoms with van der Waals surface area (Å²) in [6.07, 6.45) is 1.06. The number of nitrogens with zero attached hydrogens (tertiary/aromatic N) is 1. The summed E-state index contributed by atoms with van der Waals surface area (Å²) in [5.41, 5.74) is 12.2. The van der Waals surface area contributed by atoms with Crippen molar-refractivity contribution in [2.45, 2.75) is 26.8 Å². The van der Waals surface area contributed by atoms with Crippen molar-refractivity contribution in [3.63, 3.8) is 0 Å². The van der Waals surface area contributed by atoms with Gasteiger partial charge in [-0.15, -0.1) is 0 Å². The molecular weight excluding hydrogens is 244 g/mol. The molecule has 0 saturated heterocycles. The standard InChI is InChI=1S/C18H24N2/c1-14-7-8-16(11-15(14)2)9-10-20(3)18-6-4-5-17(12-18)13-19/h4-8,11-12H,9-10,13,19H2,1-3H3. The summed E-state index contributed by atoms with van der Waals surface area (Å²) in [4.78, 5) is 2.29. The Hall–Kier alpha value is -1.80. The minimum absolute atomic E-state index is 0.596. The molecule has 20 heavy (non-hydrogen) atoms. The van der Waals surface area contributed by atoms with Gasteiger partial charge in [-0.05, 0) is 54.7 Å². The molecule has 0 radical (unpaired) electrons. The van der Waals surface area contributed by atoms with Crippen molar-refractivity contribution in [2.75, 3.05) is 18.5 Å². The second-order valence-electron chi connectivity index (χ2n) is 5.46. The average Bonchev–Trinajstić information content (AvgIpc) is 2.48. The van der Waals surface area contributed by atoms with Gasteiger partial charge in [0.25, 0.3) is 0 Å². The molecule has 0 aliphatic carbocycles. The van der Waals surface area contributed by atoms with Gasteiger partial charge in [0, 0.05) is 25.8 Å². The quantitative estimate of drug-likeness (QED) is 0.900. The second-order valence-corrected chi connectivity index (χ2v) is 5.46. The molecule has 2 nitrogen and oxygen atoms in total. The van der Waals surface area contributed by atoms with E-state index in [1.165, 1.54) is 27.9 Å². The monoisotopic (exact) mass is 268 g/mol. The zero-order valence-electron chi connectivity index (χ0n) is 12.7. The SMILES string of the molecule is Cc1ccc(CCN(C)c2cccc(CN)c2)cc1C. The summed E-state index contributed by atoms with van der Waals surface area (Å²) >= 11 is 0. The highest BCUT2D eigenvalue weighted by Crippen LogP contribution is 2.16. The lowest BCUT2D eigenvalue weighted by molar-refractivity contribution is 0.873. The topological polar surface area (TPSA) is 29.3 Å². The summed E-state index contributed by atoms with van der Waals surface area (Å²) in [5, 5.41) is 0. The highest BCUT2D eigenvalue weighted by atomic mass is 15.1. The Balaban J connectivity index is 2.00. The van der Waals surface area contributed by atoms with E-state index in [1.54, 1.807) is 0 Å². The van der Waals surface area contributed by atoms with Crippen molar-refractivity contribution in [3.8, 4) is 0 Å². The van der Waals surface area contributed by atoms with Gasteiger partial charge >= 0.3 is 0 Å². The maximum absolute atomic E-state index is 5.70. The maximum Gasteiger partial charge on any atom is 0.0366 e. The van der Waals surface area contributed by atoms with E-state index >= 15 is 0 Å². The van der Waals surface area contributed by atoms with Crippen LogP contribution in [0.3, 0.4) is 0 Å². The van der Waals surface area contributed by atoms with Gasteiger partial charge in [-0.3, -0.25) is 0 Å². The molecule has 0 aromatic heterocycles. The highest BCUT2D eigenvalue weighted by molar-refractivity contribution is 5.48. The van der Waals surface area contributed by atoms with Gasteiger partial charge in [0.15, 0.2) is 0 Å². The maximum atomic E-state index is 5.70. The molecule has 0 spiro atoms. The van der Waals surface area contributed by atoms with Gasteiger partial charge in [-0.1, -0.05) is 30.3 Å². The van der Waals surface area contributed by atoms with Gasteiger partial charge in [0.05, 0.1) is 0 Å². The smallest absolute Gasteiger partial charge is 0.0366 e. The van der Waals surface area contributed by atoms with Crippen molar-refractivity contribution >= 4 is 5.69 Å². The van der Waals surface area contributed by atoms with Crippen LogP contribution < -0.4 is 10.6 Å². The predicted molar refractivity (Wildman–Crippen MR) is 87.2 cm³/mol. The number of rotatable bonds is 5. The number of hydrogen-bond acceptors (Lipinski definition) is 2. The van der Waals surface area contributed by atoms with Crippen LogP contribution in [0, 0.1) is 13.8 Å². The van der Waals surface area contributed by atoms with Crippen LogP contribution in [0.1, 0.15) is 22.3 Å². The Morgan fingerprint density at radius 1 is 0.950 bits per heavy atom. The van der Waals surface area contributed by atoms with Gasteiger partial charge in [-0.25, -0.2) is 0 Å². The van der Waals surface area contributed by atoms with Gasteiger partial charge in [-0.2, -0.15) is 0 Å². The largest absolute Gasteiger partial charge is 0.374 e. The van der Waals surface area contributed by atoms with Crippen LogP contribution in [0.15, 0.2) is 42.5 Å². The van der Waals surface area contributed by atoms with E-state index in [-0.39, 0.29) is 0 Å². The van der Waals surface area contributed by atoms with Crippen LogP contribution in [0.2, 0.25) is 0 Å². The zero-order chi connectivity index (χ0) is 14.5. The molecule has 0 bridgehead atoms. The predicted octanol–water partition coefficient (Wildman–Crippen LogP) is 3.44. The molecule has 0 heterocycles. The molecule has 0 amide bonds. The summed E-state index contributed by atoms with van der Waals surface area (Å²) < 4.78 is 0. The summed E-state index contributed by atoms with van der Waals surface area (Å²) in [6, 6.07) is 15.2. The normalized spacial score (nSPS) is 10.6. The lowest BCUT2D eigenvalue weighted by Gasteiger charge is -2.20. The third kappa shape index (κ3) is 3.61. The lowest BCUT2D eigenvalue weighted by Crippen LogP contribution is -2.20. The molecule has 2 aromatic rings. The molecule has 0 atom stereocenters. The van der Waals surface area contributed by atoms with Crippen LogP contribution in [0.4, 0.5) is 5.69 Å². The molecule has 0 unspecified atom stereocenters. The summed E-state index contributed by atoms with van der Waals surface area (Å²) in [7, 11) is 2.14. The third-order valence-electron chi connectivity index (χ3n) is 3.89. The molecule has 106 valence electrons. The minimum atomic E-state index is 0.596. The Morgan fingerprint density at radius 3 is 2.45 bits per heavy atom. The van der Waals surface area contributed by atoms with E-state index in [2.05, 4.69) is 68.3 Å². The van der Waals surface area contributed by atoms with Crippen LogP contribution >= 0.6 is 0 Å². The first kappa shape index (κ1) is 14.6. The summed E-state index contributed by atoms with van der Waals surface area (Å²) in [6.45, 7) is 5.94. The Labute approximate surface area is 122 Å². The van der Waals surface area contributed by atoms with E-state index in [0.29, 0.717) is 6.54 Å². The number of benzene rings is 2. The third-order valence-corrected chi connectivity index (χ3v) is 3.89. The van der Waals surface area contributed by atoms with Crippen molar-refractivity contribution in [2.24, 2.45) is 5.73 Å². The molecule has 2 rings (SSSR count). The van der Waals surface area contributed by atoms with E-state index in [1.807, 2.05) is 0 Å². The van der Waals surface area contributed by atoms with Crippen molar-refractivity contribution in [3.05, 3.63) is 64.7 Å². The fourth-order valence-electron chi connectivity index (χ4n) is 2.31. The van der Waals surface area contributed by atoms with Crippen LogP contribution in [0.5, 0.6) is 0 Å². The molecule has 0 aliphatic heterocycles. The van der Waals surface area contributed by atoms with E-state index < -0.39 is 0 Å². The van der Waals surface area contributed by atoms with Crippen molar-refractivity contribution in [1.29, 1.82) is 0 Å². The number of anilines is 1.